The van der Waals surface area contributed by atoms with E-state index >= 15 is 0 Å². The minimum atomic E-state index is 0.506. The summed E-state index contributed by atoms with van der Waals surface area (Å²) in [6.45, 7) is 4.55. The van der Waals surface area contributed by atoms with Gasteiger partial charge in [0.05, 0.1) is 0 Å². The average Bonchev–Trinajstić information content (AvgIpc) is 2.37. The predicted octanol–water partition coefficient (Wildman–Crippen LogP) is 3.47. The van der Waals surface area contributed by atoms with E-state index in [1.165, 1.54) is 49.9 Å². The Bertz CT molecular complexity index is 379. The molecule has 106 valence electrons. The lowest BCUT2D eigenvalue weighted by molar-refractivity contribution is 0.143. The van der Waals surface area contributed by atoms with Crippen molar-refractivity contribution < 1.29 is 0 Å². The van der Waals surface area contributed by atoms with Crippen molar-refractivity contribution in [3.63, 3.8) is 0 Å². The van der Waals surface area contributed by atoms with Crippen molar-refractivity contribution >= 4 is 5.69 Å². The van der Waals surface area contributed by atoms with E-state index in [-0.39, 0.29) is 0 Å². The summed E-state index contributed by atoms with van der Waals surface area (Å²) in [5.41, 5.74) is 3.31. The third-order valence-corrected chi connectivity index (χ3v) is 4.45. The van der Waals surface area contributed by atoms with Crippen LogP contribution in [0.25, 0.3) is 0 Å². The summed E-state index contributed by atoms with van der Waals surface area (Å²) in [6, 6.07) is 9.11. The Kier molecular flexibility index (Phi) is 4.87. The van der Waals surface area contributed by atoms with Crippen molar-refractivity contribution in [3.05, 3.63) is 29.8 Å². The van der Waals surface area contributed by atoms with Crippen LogP contribution in [0.1, 0.15) is 38.2 Å². The Balaban J connectivity index is 1.96. The van der Waals surface area contributed by atoms with E-state index in [1.807, 2.05) is 0 Å². The lowest BCUT2D eigenvalue weighted by Crippen LogP contribution is -2.47. The van der Waals surface area contributed by atoms with E-state index in [9.17, 15) is 0 Å². The summed E-state index contributed by atoms with van der Waals surface area (Å²) in [4.78, 5) is 2.42. The molecule has 0 aromatic heterocycles. The molecule has 2 nitrogen and oxygen atoms in total. The minimum absolute atomic E-state index is 0.506. The highest BCUT2D eigenvalue weighted by Gasteiger charge is 2.37. The van der Waals surface area contributed by atoms with Gasteiger partial charge in [-0.1, -0.05) is 31.9 Å². The van der Waals surface area contributed by atoms with E-state index < -0.39 is 0 Å². The molecule has 1 N–H and O–H groups in total. The Morgan fingerprint density at radius 3 is 2.37 bits per heavy atom. The minimum Gasteiger partial charge on any atom is -0.374 e. The molecular formula is C17H28N2. The first-order valence-corrected chi connectivity index (χ1v) is 7.64. The Labute approximate surface area is 118 Å². The maximum Gasteiger partial charge on any atom is 0.0363 e. The normalized spacial score (nSPS) is 17.0. The Morgan fingerprint density at radius 2 is 1.89 bits per heavy atom. The van der Waals surface area contributed by atoms with Gasteiger partial charge in [-0.15, -0.1) is 0 Å². The average molecular weight is 260 g/mol. The number of benzene rings is 1. The van der Waals surface area contributed by atoms with Crippen LogP contribution in [0.5, 0.6) is 0 Å². The highest BCUT2D eigenvalue weighted by atomic mass is 15.1. The molecule has 0 saturated heterocycles. The summed E-state index contributed by atoms with van der Waals surface area (Å²) < 4.78 is 0. The van der Waals surface area contributed by atoms with Crippen LogP contribution in [0.15, 0.2) is 24.3 Å². The van der Waals surface area contributed by atoms with Gasteiger partial charge < -0.3 is 10.2 Å². The molecule has 0 unspecified atom stereocenters. The van der Waals surface area contributed by atoms with Crippen LogP contribution < -0.4 is 10.2 Å². The molecule has 1 aliphatic carbocycles. The van der Waals surface area contributed by atoms with Crippen LogP contribution >= 0.6 is 0 Å². The van der Waals surface area contributed by atoms with Gasteiger partial charge in [-0.2, -0.15) is 0 Å². The number of aryl methyl sites for hydroxylation is 1. The Hall–Kier alpha value is -1.02. The molecule has 0 aliphatic heterocycles. The van der Waals surface area contributed by atoms with E-state index in [0.29, 0.717) is 5.41 Å². The number of hydrogen-bond donors (Lipinski definition) is 1. The molecule has 0 atom stereocenters. The quantitative estimate of drug-likeness (QED) is 0.807. The number of nitrogens with one attached hydrogen (secondary N) is 1. The molecule has 19 heavy (non-hydrogen) atoms. The SMILES string of the molecule is CCCc1ccc(N(C)CC2(CNC)CCC2)cc1. The van der Waals surface area contributed by atoms with Crippen LogP contribution in [0.3, 0.4) is 0 Å². The number of rotatable bonds is 7. The molecule has 1 saturated carbocycles. The summed E-state index contributed by atoms with van der Waals surface area (Å²) in [6.07, 6.45) is 6.54. The first kappa shape index (κ1) is 14.4. The van der Waals surface area contributed by atoms with Gasteiger partial charge in [0, 0.05) is 31.2 Å². The van der Waals surface area contributed by atoms with E-state index in [2.05, 4.69) is 55.5 Å². The van der Waals surface area contributed by atoms with E-state index in [4.69, 9.17) is 0 Å². The second kappa shape index (κ2) is 6.42. The van der Waals surface area contributed by atoms with Crippen molar-refractivity contribution in [2.45, 2.75) is 39.0 Å². The highest BCUT2D eigenvalue weighted by molar-refractivity contribution is 5.47. The standard InChI is InChI=1S/C17H28N2/c1-4-6-15-7-9-16(10-8-15)19(3)14-17(13-18-2)11-5-12-17/h7-10,18H,4-6,11-14H2,1-3H3. The van der Waals surface area contributed by atoms with Crippen molar-refractivity contribution in [1.29, 1.82) is 0 Å². The summed E-state index contributed by atoms with van der Waals surface area (Å²) in [5, 5.41) is 3.37. The second-order valence-corrected chi connectivity index (χ2v) is 6.16. The highest BCUT2D eigenvalue weighted by Crippen LogP contribution is 2.41. The van der Waals surface area contributed by atoms with Crippen molar-refractivity contribution in [2.24, 2.45) is 5.41 Å². The number of nitrogens with zero attached hydrogens (tertiary/aromatic N) is 1. The predicted molar refractivity (Wildman–Crippen MR) is 83.9 cm³/mol. The monoisotopic (exact) mass is 260 g/mol. The molecule has 0 radical (unpaired) electrons. The zero-order valence-electron chi connectivity index (χ0n) is 12.7. The van der Waals surface area contributed by atoms with Crippen LogP contribution in [-0.2, 0) is 6.42 Å². The molecule has 0 amide bonds. The van der Waals surface area contributed by atoms with Crippen LogP contribution in [0, 0.1) is 5.41 Å². The topological polar surface area (TPSA) is 15.3 Å². The fourth-order valence-corrected chi connectivity index (χ4v) is 3.24. The van der Waals surface area contributed by atoms with Gasteiger partial charge in [0.1, 0.15) is 0 Å². The molecule has 2 heteroatoms. The molecule has 0 spiro atoms. The van der Waals surface area contributed by atoms with Gasteiger partial charge in [-0.05, 0) is 44.0 Å². The third kappa shape index (κ3) is 3.50. The molecule has 0 bridgehead atoms. The maximum absolute atomic E-state index is 3.37. The van der Waals surface area contributed by atoms with E-state index in [1.54, 1.807) is 0 Å². The largest absolute Gasteiger partial charge is 0.374 e. The van der Waals surface area contributed by atoms with Crippen LogP contribution in [-0.4, -0.2) is 27.2 Å². The maximum atomic E-state index is 3.37. The van der Waals surface area contributed by atoms with Crippen LogP contribution in [0.2, 0.25) is 0 Å². The van der Waals surface area contributed by atoms with Gasteiger partial charge in [-0.3, -0.25) is 0 Å². The number of anilines is 1. The zero-order valence-corrected chi connectivity index (χ0v) is 12.7. The number of hydrogen-bond acceptors (Lipinski definition) is 2. The third-order valence-electron chi connectivity index (χ3n) is 4.45. The zero-order chi connectivity index (χ0) is 13.7. The summed E-state index contributed by atoms with van der Waals surface area (Å²) in [5.74, 6) is 0. The van der Waals surface area contributed by atoms with Gasteiger partial charge in [0.2, 0.25) is 0 Å². The van der Waals surface area contributed by atoms with Crippen LogP contribution in [0.4, 0.5) is 5.69 Å². The van der Waals surface area contributed by atoms with Crippen molar-refractivity contribution in [1.82, 2.24) is 5.32 Å². The van der Waals surface area contributed by atoms with E-state index in [0.717, 1.165) is 6.54 Å². The summed E-state index contributed by atoms with van der Waals surface area (Å²) in [7, 11) is 4.30. The van der Waals surface area contributed by atoms with Crippen molar-refractivity contribution in [3.8, 4) is 0 Å². The Morgan fingerprint density at radius 1 is 1.21 bits per heavy atom. The molecule has 2 rings (SSSR count). The lowest BCUT2D eigenvalue weighted by Gasteiger charge is -2.45. The van der Waals surface area contributed by atoms with Gasteiger partial charge in [0.15, 0.2) is 0 Å². The van der Waals surface area contributed by atoms with Crippen molar-refractivity contribution in [2.75, 3.05) is 32.1 Å². The smallest absolute Gasteiger partial charge is 0.0363 e. The van der Waals surface area contributed by atoms with Gasteiger partial charge >= 0.3 is 0 Å². The molecule has 0 heterocycles. The molecular weight excluding hydrogens is 232 g/mol. The lowest BCUT2D eigenvalue weighted by atomic mass is 9.68. The van der Waals surface area contributed by atoms with Gasteiger partial charge in [-0.25, -0.2) is 0 Å². The molecule has 1 aliphatic rings. The summed E-state index contributed by atoms with van der Waals surface area (Å²) >= 11 is 0. The first-order chi connectivity index (χ1) is 9.19. The fourth-order valence-electron chi connectivity index (χ4n) is 3.24. The molecule has 1 fully saturated rings. The first-order valence-electron chi connectivity index (χ1n) is 7.64. The molecule has 1 aromatic carbocycles. The van der Waals surface area contributed by atoms with Gasteiger partial charge in [0.25, 0.3) is 0 Å². The fraction of sp³-hybridized carbons (Fsp3) is 0.647. The molecule has 1 aromatic rings. The second-order valence-electron chi connectivity index (χ2n) is 6.16.